The van der Waals surface area contributed by atoms with E-state index in [4.69, 9.17) is 0 Å². The maximum atomic E-state index is 2.24. The maximum Gasteiger partial charge on any atom is 0.243 e. The Morgan fingerprint density at radius 3 is 2.10 bits per heavy atom. The van der Waals surface area contributed by atoms with Crippen molar-refractivity contribution in [3.8, 4) is 0 Å². The van der Waals surface area contributed by atoms with Crippen molar-refractivity contribution in [2.24, 2.45) is 7.05 Å². The van der Waals surface area contributed by atoms with E-state index in [0.29, 0.717) is 0 Å². The van der Waals surface area contributed by atoms with Crippen molar-refractivity contribution in [3.63, 3.8) is 0 Å². The third-order valence-corrected chi connectivity index (χ3v) is 3.47. The van der Waals surface area contributed by atoms with Gasteiger partial charge in [-0.1, -0.05) is 26.7 Å². The third kappa shape index (κ3) is 7.11. The number of hydrogen-bond acceptors (Lipinski definition) is 0. The summed E-state index contributed by atoms with van der Waals surface area (Å²) < 4.78 is 8.71. The highest BCUT2D eigenvalue weighted by Crippen LogP contribution is 1.91. The second-order valence-corrected chi connectivity index (χ2v) is 5.51. The number of unbranched alkanes of at least 4 members (excludes halogenated alkanes) is 2. The van der Waals surface area contributed by atoms with E-state index in [1.54, 1.807) is 0 Å². The van der Waals surface area contributed by atoms with Gasteiger partial charge in [-0.15, -0.1) is 0 Å². The highest BCUT2D eigenvalue weighted by atomic mass is 15.1. The quantitative estimate of drug-likeness (QED) is 0.698. The molecule has 0 aliphatic rings. The summed E-state index contributed by atoms with van der Waals surface area (Å²) >= 11 is 0. The Morgan fingerprint density at radius 1 is 0.857 bits per heavy atom. The molecule has 0 saturated heterocycles. The van der Waals surface area contributed by atoms with Gasteiger partial charge < -0.3 is 0 Å². The number of rotatable bonds is 7. The molecule has 2 heterocycles. The van der Waals surface area contributed by atoms with E-state index in [1.165, 1.54) is 25.7 Å². The van der Waals surface area contributed by atoms with Crippen molar-refractivity contribution in [1.29, 1.82) is 0 Å². The van der Waals surface area contributed by atoms with Crippen LogP contribution in [-0.4, -0.2) is 9.13 Å². The molecule has 0 spiro atoms. The van der Waals surface area contributed by atoms with Crippen LogP contribution in [0.5, 0.6) is 0 Å². The van der Waals surface area contributed by atoms with E-state index >= 15 is 0 Å². The van der Waals surface area contributed by atoms with Crippen LogP contribution in [0.1, 0.15) is 46.5 Å². The lowest BCUT2D eigenvalue weighted by molar-refractivity contribution is -0.696. The molecular formula is C17H32N4+2. The summed E-state index contributed by atoms with van der Waals surface area (Å²) in [6.45, 7) is 9.96. The van der Waals surface area contributed by atoms with Crippen LogP contribution in [0.25, 0.3) is 0 Å². The molecule has 0 bridgehead atoms. The Bertz CT molecular complexity index is 484. The molecule has 0 aliphatic heterocycles. The lowest BCUT2D eigenvalue weighted by Crippen LogP contribution is -2.30. The fourth-order valence-electron chi connectivity index (χ4n) is 2.07. The Hall–Kier alpha value is -1.58. The number of aryl methyl sites for hydroxylation is 4. The predicted octanol–water partition coefficient (Wildman–Crippen LogP) is 2.71. The van der Waals surface area contributed by atoms with Crippen LogP contribution in [-0.2, 0) is 26.7 Å². The highest BCUT2D eigenvalue weighted by molar-refractivity contribution is 4.65. The van der Waals surface area contributed by atoms with Crippen LogP contribution in [0.3, 0.4) is 0 Å². The number of nitrogens with zero attached hydrogens (tertiary/aromatic N) is 4. The Kier molecular flexibility index (Phi) is 8.48. The summed E-state index contributed by atoms with van der Waals surface area (Å²) in [6, 6.07) is 0. The maximum absolute atomic E-state index is 2.24. The molecule has 0 fully saturated rings. The monoisotopic (exact) mass is 292 g/mol. The zero-order valence-corrected chi connectivity index (χ0v) is 14.2. The van der Waals surface area contributed by atoms with Crippen LogP contribution < -0.4 is 9.13 Å². The lowest BCUT2D eigenvalue weighted by atomic mass is 10.3. The standard InChI is InChI=1S/C9H17N2.C8H15N2/c1-3-5-6-11-8-7-10(4-2)9-11;1-3-4-5-10-7-6-9(2)8-10/h7-9H,3-6H2,1-2H3;6-8H,3-5H2,1-2H3/q2*+1. The van der Waals surface area contributed by atoms with E-state index in [-0.39, 0.29) is 0 Å². The first kappa shape index (κ1) is 17.5. The summed E-state index contributed by atoms with van der Waals surface area (Å²) in [5.41, 5.74) is 0. The average Bonchev–Trinajstić information content (AvgIpc) is 3.12. The molecule has 0 radical (unpaired) electrons. The largest absolute Gasteiger partial charge is 0.243 e. The molecule has 0 amide bonds. The van der Waals surface area contributed by atoms with Gasteiger partial charge in [-0.3, -0.25) is 0 Å². The first-order chi connectivity index (χ1) is 10.2. The first-order valence-corrected chi connectivity index (χ1v) is 8.25. The summed E-state index contributed by atoms with van der Waals surface area (Å²) in [6.07, 6.45) is 17.8. The second-order valence-electron chi connectivity index (χ2n) is 5.51. The van der Waals surface area contributed by atoms with Crippen molar-refractivity contribution >= 4 is 0 Å². The summed E-state index contributed by atoms with van der Waals surface area (Å²) in [7, 11) is 2.04. The number of aromatic nitrogens is 4. The van der Waals surface area contributed by atoms with Gasteiger partial charge in [0.2, 0.25) is 12.7 Å². The Labute approximate surface area is 129 Å². The van der Waals surface area contributed by atoms with Crippen LogP contribution in [0.2, 0.25) is 0 Å². The van der Waals surface area contributed by atoms with Gasteiger partial charge in [0.05, 0.1) is 26.7 Å². The van der Waals surface area contributed by atoms with Gasteiger partial charge in [-0.2, -0.15) is 0 Å². The molecule has 4 heteroatoms. The van der Waals surface area contributed by atoms with Gasteiger partial charge in [0.15, 0.2) is 0 Å². The fourth-order valence-corrected chi connectivity index (χ4v) is 2.07. The summed E-state index contributed by atoms with van der Waals surface area (Å²) in [5.74, 6) is 0. The SMILES string of the molecule is CCCC[n+]1ccn(CC)c1.CCCCn1cc[n+](C)c1. The highest BCUT2D eigenvalue weighted by Gasteiger charge is 1.99. The molecule has 0 N–H and O–H groups in total. The molecule has 2 aromatic heterocycles. The van der Waals surface area contributed by atoms with Crippen molar-refractivity contribution in [2.45, 2.75) is 66.1 Å². The minimum atomic E-state index is 1.07. The van der Waals surface area contributed by atoms with Crippen molar-refractivity contribution < 1.29 is 9.13 Å². The molecule has 4 nitrogen and oxygen atoms in total. The third-order valence-electron chi connectivity index (χ3n) is 3.47. The number of imidazole rings is 2. The van der Waals surface area contributed by atoms with Gasteiger partial charge in [-0.25, -0.2) is 18.3 Å². The van der Waals surface area contributed by atoms with Crippen molar-refractivity contribution in [1.82, 2.24) is 9.13 Å². The molecule has 2 aromatic rings. The topological polar surface area (TPSA) is 17.6 Å². The van der Waals surface area contributed by atoms with E-state index in [0.717, 1.165) is 19.6 Å². The van der Waals surface area contributed by atoms with Crippen molar-refractivity contribution in [3.05, 3.63) is 37.4 Å². The van der Waals surface area contributed by atoms with Crippen LogP contribution in [0, 0.1) is 0 Å². The zero-order chi connectivity index (χ0) is 15.5. The summed E-state index contributed by atoms with van der Waals surface area (Å²) in [4.78, 5) is 0. The zero-order valence-electron chi connectivity index (χ0n) is 14.2. The molecule has 0 aliphatic carbocycles. The molecule has 0 aromatic carbocycles. The first-order valence-electron chi connectivity index (χ1n) is 8.25. The lowest BCUT2D eigenvalue weighted by Gasteiger charge is -1.91. The van der Waals surface area contributed by atoms with Crippen molar-refractivity contribution in [2.75, 3.05) is 0 Å². The van der Waals surface area contributed by atoms with E-state index in [9.17, 15) is 0 Å². The van der Waals surface area contributed by atoms with Gasteiger partial charge in [-0.05, 0) is 19.8 Å². The van der Waals surface area contributed by atoms with Crippen LogP contribution in [0.4, 0.5) is 0 Å². The molecule has 0 unspecified atom stereocenters. The van der Waals surface area contributed by atoms with Gasteiger partial charge >= 0.3 is 0 Å². The minimum absolute atomic E-state index is 1.07. The van der Waals surface area contributed by atoms with Gasteiger partial charge in [0.25, 0.3) is 0 Å². The minimum Gasteiger partial charge on any atom is -0.240 e. The summed E-state index contributed by atoms with van der Waals surface area (Å²) in [5, 5.41) is 0. The predicted molar refractivity (Wildman–Crippen MR) is 85.7 cm³/mol. The molecular weight excluding hydrogens is 260 g/mol. The second kappa shape index (κ2) is 10.2. The van der Waals surface area contributed by atoms with Crippen LogP contribution in [0.15, 0.2) is 37.4 Å². The molecule has 0 saturated carbocycles. The molecule has 118 valence electrons. The van der Waals surface area contributed by atoms with Gasteiger partial charge in [0.1, 0.15) is 24.8 Å². The smallest absolute Gasteiger partial charge is 0.240 e. The molecule has 0 atom stereocenters. The van der Waals surface area contributed by atoms with E-state index in [1.807, 2.05) is 7.05 Å². The fraction of sp³-hybridized carbons (Fsp3) is 0.647. The average molecular weight is 292 g/mol. The van der Waals surface area contributed by atoms with E-state index < -0.39 is 0 Å². The number of hydrogen-bond donors (Lipinski definition) is 0. The van der Waals surface area contributed by atoms with E-state index in [2.05, 4.69) is 76.5 Å². The normalized spacial score (nSPS) is 10.3. The Balaban J connectivity index is 0.000000211. The Morgan fingerprint density at radius 2 is 1.57 bits per heavy atom. The molecule has 2 rings (SSSR count). The van der Waals surface area contributed by atoms with Crippen LogP contribution >= 0.6 is 0 Å². The van der Waals surface area contributed by atoms with Gasteiger partial charge in [0, 0.05) is 0 Å². The molecule has 21 heavy (non-hydrogen) atoms.